The van der Waals surface area contributed by atoms with Crippen LogP contribution in [0, 0.1) is 6.92 Å². The molecule has 0 atom stereocenters. The molecule has 0 spiro atoms. The number of nitrogens with zero attached hydrogens (tertiary/aromatic N) is 1. The third kappa shape index (κ3) is 4.81. The minimum atomic E-state index is -0.165. The van der Waals surface area contributed by atoms with Crippen LogP contribution in [0.2, 0.25) is 10.0 Å². The SMILES string of the molecule is COc1cc(Cl)c(C)cc1NC(=O)CCc1ncc(-c2ccc(Cl)cc2)o1. The number of ether oxygens (including phenoxy) is 1. The number of oxazole rings is 1. The highest BCUT2D eigenvalue weighted by Crippen LogP contribution is 2.31. The Labute approximate surface area is 167 Å². The molecule has 0 fully saturated rings. The fourth-order valence-electron chi connectivity index (χ4n) is 2.54. The molecule has 0 radical (unpaired) electrons. The van der Waals surface area contributed by atoms with Crippen molar-refractivity contribution in [3.8, 4) is 17.1 Å². The van der Waals surface area contributed by atoms with E-state index in [9.17, 15) is 4.79 Å². The number of methoxy groups -OCH3 is 1. The van der Waals surface area contributed by atoms with Crippen LogP contribution in [0.4, 0.5) is 5.69 Å². The van der Waals surface area contributed by atoms with E-state index in [-0.39, 0.29) is 12.3 Å². The third-order valence-corrected chi connectivity index (χ3v) is 4.66. The first kappa shape index (κ1) is 19.3. The first-order valence-electron chi connectivity index (χ1n) is 8.31. The van der Waals surface area contributed by atoms with Gasteiger partial charge in [0.25, 0.3) is 0 Å². The van der Waals surface area contributed by atoms with Crippen molar-refractivity contribution in [2.45, 2.75) is 19.8 Å². The molecule has 1 aromatic heterocycles. The van der Waals surface area contributed by atoms with E-state index in [2.05, 4.69) is 10.3 Å². The van der Waals surface area contributed by atoms with Gasteiger partial charge in [0.2, 0.25) is 5.91 Å². The smallest absolute Gasteiger partial charge is 0.224 e. The van der Waals surface area contributed by atoms with Crippen LogP contribution < -0.4 is 10.1 Å². The van der Waals surface area contributed by atoms with Gasteiger partial charge in [0.05, 0.1) is 19.0 Å². The van der Waals surface area contributed by atoms with Crippen molar-refractivity contribution in [2.24, 2.45) is 0 Å². The molecule has 0 bridgehead atoms. The molecule has 1 heterocycles. The molecule has 7 heteroatoms. The maximum Gasteiger partial charge on any atom is 0.224 e. The summed E-state index contributed by atoms with van der Waals surface area (Å²) < 4.78 is 11.0. The van der Waals surface area contributed by atoms with Crippen molar-refractivity contribution >= 4 is 34.8 Å². The van der Waals surface area contributed by atoms with E-state index in [0.29, 0.717) is 39.6 Å². The monoisotopic (exact) mass is 404 g/mol. The molecule has 2 aromatic carbocycles. The minimum absolute atomic E-state index is 0.165. The van der Waals surface area contributed by atoms with Crippen molar-refractivity contribution in [2.75, 3.05) is 12.4 Å². The van der Waals surface area contributed by atoms with Crippen molar-refractivity contribution in [1.29, 1.82) is 0 Å². The van der Waals surface area contributed by atoms with Crippen LogP contribution in [0.25, 0.3) is 11.3 Å². The molecular formula is C20H18Cl2N2O3. The Kier molecular flexibility index (Phi) is 6.04. The predicted molar refractivity (Wildman–Crippen MR) is 107 cm³/mol. The van der Waals surface area contributed by atoms with Crippen LogP contribution in [-0.2, 0) is 11.2 Å². The second-order valence-corrected chi connectivity index (χ2v) is 6.82. The number of nitrogens with one attached hydrogen (secondary N) is 1. The Hall–Kier alpha value is -2.50. The maximum absolute atomic E-state index is 12.3. The second kappa shape index (κ2) is 8.46. The van der Waals surface area contributed by atoms with Gasteiger partial charge >= 0.3 is 0 Å². The first-order chi connectivity index (χ1) is 13.0. The summed E-state index contributed by atoms with van der Waals surface area (Å²) in [5, 5.41) is 4.08. The Balaban J connectivity index is 1.62. The minimum Gasteiger partial charge on any atom is -0.495 e. The molecule has 0 saturated carbocycles. The highest BCUT2D eigenvalue weighted by Gasteiger charge is 2.12. The van der Waals surface area contributed by atoms with Gasteiger partial charge in [-0.2, -0.15) is 0 Å². The van der Waals surface area contributed by atoms with Crippen molar-refractivity contribution < 1.29 is 13.9 Å². The summed E-state index contributed by atoms with van der Waals surface area (Å²) in [5.74, 6) is 1.48. The van der Waals surface area contributed by atoms with Crippen LogP contribution in [0.5, 0.6) is 5.75 Å². The number of aryl methyl sites for hydroxylation is 2. The molecule has 1 amide bonds. The van der Waals surface area contributed by atoms with Crippen LogP contribution in [-0.4, -0.2) is 18.0 Å². The molecule has 3 rings (SSSR count). The molecule has 5 nitrogen and oxygen atoms in total. The summed E-state index contributed by atoms with van der Waals surface area (Å²) in [7, 11) is 1.53. The van der Waals surface area contributed by atoms with E-state index in [1.165, 1.54) is 7.11 Å². The van der Waals surface area contributed by atoms with Gasteiger partial charge in [0.15, 0.2) is 11.7 Å². The average molecular weight is 405 g/mol. The number of halogens is 2. The van der Waals surface area contributed by atoms with Gasteiger partial charge in [0, 0.05) is 34.5 Å². The number of rotatable bonds is 6. The van der Waals surface area contributed by atoms with E-state index in [1.54, 1.807) is 30.5 Å². The van der Waals surface area contributed by atoms with Gasteiger partial charge < -0.3 is 14.5 Å². The number of carbonyl (C=O) groups excluding carboxylic acids is 1. The van der Waals surface area contributed by atoms with Gasteiger partial charge in [-0.15, -0.1) is 0 Å². The van der Waals surface area contributed by atoms with Crippen molar-refractivity contribution in [1.82, 2.24) is 4.98 Å². The summed E-state index contributed by atoms with van der Waals surface area (Å²) in [6.07, 6.45) is 2.25. The molecule has 3 aromatic rings. The molecule has 0 saturated heterocycles. The number of amides is 1. The van der Waals surface area contributed by atoms with E-state index in [1.807, 2.05) is 19.1 Å². The molecule has 27 heavy (non-hydrogen) atoms. The van der Waals surface area contributed by atoms with Gasteiger partial charge in [-0.1, -0.05) is 23.2 Å². The second-order valence-electron chi connectivity index (χ2n) is 5.97. The van der Waals surface area contributed by atoms with Crippen LogP contribution in [0.1, 0.15) is 17.9 Å². The molecule has 1 N–H and O–H groups in total. The molecule has 0 aliphatic carbocycles. The molecule has 0 aliphatic heterocycles. The van der Waals surface area contributed by atoms with Gasteiger partial charge in [-0.05, 0) is 42.8 Å². The van der Waals surface area contributed by atoms with E-state index >= 15 is 0 Å². The molecule has 0 unspecified atom stereocenters. The lowest BCUT2D eigenvalue weighted by atomic mass is 10.2. The summed E-state index contributed by atoms with van der Waals surface area (Å²) in [6.45, 7) is 1.86. The Morgan fingerprint density at radius 3 is 2.67 bits per heavy atom. The molecule has 0 aliphatic rings. The Morgan fingerprint density at radius 2 is 1.96 bits per heavy atom. The van der Waals surface area contributed by atoms with Gasteiger partial charge in [0.1, 0.15) is 5.75 Å². The maximum atomic E-state index is 12.3. The number of anilines is 1. The fraction of sp³-hybridized carbons (Fsp3) is 0.200. The van der Waals surface area contributed by atoms with E-state index in [0.717, 1.165) is 11.1 Å². The zero-order chi connectivity index (χ0) is 19.4. The first-order valence-corrected chi connectivity index (χ1v) is 9.06. The topological polar surface area (TPSA) is 64.4 Å². The number of carbonyl (C=O) groups is 1. The standard InChI is InChI=1S/C20H18Cl2N2O3/c1-12-9-16(17(26-2)10-15(12)22)24-19(25)7-8-20-23-11-18(27-20)13-3-5-14(21)6-4-13/h3-6,9-11H,7-8H2,1-2H3,(H,24,25). The number of benzene rings is 2. The highest BCUT2D eigenvalue weighted by molar-refractivity contribution is 6.31. The normalized spacial score (nSPS) is 10.7. The third-order valence-electron chi connectivity index (χ3n) is 4.00. The highest BCUT2D eigenvalue weighted by atomic mass is 35.5. The summed E-state index contributed by atoms with van der Waals surface area (Å²) >= 11 is 12.0. The average Bonchev–Trinajstić information content (AvgIpc) is 3.12. The zero-order valence-corrected chi connectivity index (χ0v) is 16.4. The lowest BCUT2D eigenvalue weighted by Crippen LogP contribution is -2.13. The zero-order valence-electron chi connectivity index (χ0n) is 14.9. The largest absolute Gasteiger partial charge is 0.495 e. The van der Waals surface area contributed by atoms with Gasteiger partial charge in [-0.3, -0.25) is 4.79 Å². The predicted octanol–water partition coefficient (Wildman–Crippen LogP) is 5.54. The number of hydrogen-bond donors (Lipinski definition) is 1. The van der Waals surface area contributed by atoms with E-state index in [4.69, 9.17) is 32.4 Å². The van der Waals surface area contributed by atoms with Crippen molar-refractivity contribution in [3.05, 3.63) is 64.1 Å². The summed E-state index contributed by atoms with van der Waals surface area (Å²) in [6, 6.07) is 10.7. The Bertz CT molecular complexity index is 952. The number of aromatic nitrogens is 1. The van der Waals surface area contributed by atoms with Gasteiger partial charge in [-0.25, -0.2) is 4.98 Å². The summed E-state index contributed by atoms with van der Waals surface area (Å²) in [4.78, 5) is 16.5. The van der Waals surface area contributed by atoms with E-state index < -0.39 is 0 Å². The summed E-state index contributed by atoms with van der Waals surface area (Å²) in [5.41, 5.74) is 2.32. The number of hydrogen-bond acceptors (Lipinski definition) is 4. The van der Waals surface area contributed by atoms with Crippen LogP contribution >= 0.6 is 23.2 Å². The van der Waals surface area contributed by atoms with Crippen LogP contribution in [0.15, 0.2) is 47.0 Å². The van der Waals surface area contributed by atoms with Crippen LogP contribution in [0.3, 0.4) is 0 Å². The lowest BCUT2D eigenvalue weighted by Gasteiger charge is -2.12. The Morgan fingerprint density at radius 1 is 1.22 bits per heavy atom. The molecule has 140 valence electrons. The molecular weight excluding hydrogens is 387 g/mol. The quantitative estimate of drug-likeness (QED) is 0.585. The van der Waals surface area contributed by atoms with Crippen molar-refractivity contribution in [3.63, 3.8) is 0 Å². The lowest BCUT2D eigenvalue weighted by molar-refractivity contribution is -0.116. The fourth-order valence-corrected chi connectivity index (χ4v) is 2.82.